The van der Waals surface area contributed by atoms with Crippen molar-refractivity contribution in [1.82, 2.24) is 14.9 Å². The Balaban J connectivity index is 1.74. The zero-order valence-electron chi connectivity index (χ0n) is 11.8. The second kappa shape index (κ2) is 5.18. The van der Waals surface area contributed by atoms with Crippen molar-refractivity contribution in [2.24, 2.45) is 5.10 Å². The molecule has 0 bridgehead atoms. The highest BCUT2D eigenvalue weighted by Gasteiger charge is 2.29. The number of nitrogens with zero attached hydrogens (tertiary/aromatic N) is 4. The Labute approximate surface area is 127 Å². The minimum absolute atomic E-state index is 0.499. The molecule has 1 aliphatic heterocycles. The zero-order valence-corrected chi connectivity index (χ0v) is 12.6. The monoisotopic (exact) mass is 300 g/mol. The van der Waals surface area contributed by atoms with Crippen LogP contribution in [-0.2, 0) is 0 Å². The third-order valence-corrected chi connectivity index (χ3v) is 5.22. The van der Waals surface area contributed by atoms with Crippen LogP contribution in [0.25, 0.3) is 11.4 Å². The second-order valence-corrected chi connectivity index (χ2v) is 6.46. The largest absolute Gasteiger partial charge is 0.497 e. The number of rotatable bonds is 2. The fourth-order valence-electron chi connectivity index (χ4n) is 2.81. The van der Waals surface area contributed by atoms with Crippen LogP contribution in [0, 0.1) is 0 Å². The summed E-state index contributed by atoms with van der Waals surface area (Å²) < 4.78 is 7.09. The molecule has 6 heteroatoms. The van der Waals surface area contributed by atoms with E-state index in [0.717, 1.165) is 28.7 Å². The minimum Gasteiger partial charge on any atom is -0.497 e. The van der Waals surface area contributed by atoms with Crippen molar-refractivity contribution in [1.29, 1.82) is 0 Å². The lowest BCUT2D eigenvalue weighted by Crippen LogP contribution is -2.26. The first-order chi connectivity index (χ1) is 10.3. The minimum atomic E-state index is 0.499. The maximum Gasteiger partial charge on any atom is 0.213 e. The molecule has 0 amide bonds. The molecule has 0 unspecified atom stereocenters. The van der Waals surface area contributed by atoms with Crippen molar-refractivity contribution in [3.8, 4) is 17.1 Å². The molecular formula is C15H16N4OS. The predicted molar refractivity (Wildman–Crippen MR) is 83.0 cm³/mol. The standard InChI is InChI=1S/C15H16N4OS/c1-20-11-8-6-10(7-9-11)14-16-17-15-19(14)18-12-4-2-3-5-13(12)21-15/h6-9,13H,2-5H2,1H3/t13-/m1/s1. The molecule has 1 atom stereocenters. The van der Waals surface area contributed by atoms with Crippen molar-refractivity contribution in [2.45, 2.75) is 36.1 Å². The van der Waals surface area contributed by atoms with Gasteiger partial charge in [-0.3, -0.25) is 0 Å². The lowest BCUT2D eigenvalue weighted by atomic mass is 9.98. The molecule has 4 rings (SSSR count). The number of hydrogen-bond donors (Lipinski definition) is 0. The molecule has 1 aromatic heterocycles. The summed E-state index contributed by atoms with van der Waals surface area (Å²) >= 11 is 1.80. The summed E-state index contributed by atoms with van der Waals surface area (Å²) in [6.45, 7) is 0. The van der Waals surface area contributed by atoms with Gasteiger partial charge in [-0.25, -0.2) is 0 Å². The van der Waals surface area contributed by atoms with E-state index < -0.39 is 0 Å². The second-order valence-electron chi connectivity index (χ2n) is 5.29. The van der Waals surface area contributed by atoms with E-state index in [1.807, 2.05) is 28.9 Å². The summed E-state index contributed by atoms with van der Waals surface area (Å²) in [6, 6.07) is 7.86. The van der Waals surface area contributed by atoms with Crippen LogP contribution in [0.4, 0.5) is 0 Å². The van der Waals surface area contributed by atoms with Crippen LogP contribution in [0.15, 0.2) is 34.5 Å². The van der Waals surface area contributed by atoms with Gasteiger partial charge in [-0.05, 0) is 43.5 Å². The fraction of sp³-hybridized carbons (Fsp3) is 0.400. The quantitative estimate of drug-likeness (QED) is 0.854. The van der Waals surface area contributed by atoms with Crippen LogP contribution >= 0.6 is 11.8 Å². The summed E-state index contributed by atoms with van der Waals surface area (Å²) in [6.07, 6.45) is 4.83. The van der Waals surface area contributed by atoms with Gasteiger partial charge in [0.05, 0.1) is 18.1 Å². The Morgan fingerprint density at radius 3 is 2.86 bits per heavy atom. The summed E-state index contributed by atoms with van der Waals surface area (Å²) in [4.78, 5) is 0. The van der Waals surface area contributed by atoms with E-state index in [0.29, 0.717) is 5.25 Å². The molecule has 1 saturated carbocycles. The summed E-state index contributed by atoms with van der Waals surface area (Å²) in [5.41, 5.74) is 2.29. The number of hydrogen-bond acceptors (Lipinski definition) is 5. The lowest BCUT2D eigenvalue weighted by Gasteiger charge is -2.26. The number of benzene rings is 1. The van der Waals surface area contributed by atoms with Crippen LogP contribution in [0.2, 0.25) is 0 Å². The van der Waals surface area contributed by atoms with Crippen molar-refractivity contribution in [2.75, 3.05) is 7.11 Å². The van der Waals surface area contributed by atoms with E-state index in [-0.39, 0.29) is 0 Å². The molecule has 1 aliphatic carbocycles. The van der Waals surface area contributed by atoms with Gasteiger partial charge in [0.15, 0.2) is 5.82 Å². The maximum absolute atomic E-state index is 5.20. The molecule has 2 aromatic rings. The molecule has 21 heavy (non-hydrogen) atoms. The SMILES string of the molecule is COc1ccc(-c2nnc3n2N=C2CCCC[C@H]2S3)cc1. The number of fused-ring (bicyclic) bond motifs is 2. The third-order valence-electron chi connectivity index (χ3n) is 3.96. The molecule has 1 aromatic carbocycles. The van der Waals surface area contributed by atoms with Gasteiger partial charge in [-0.2, -0.15) is 9.78 Å². The van der Waals surface area contributed by atoms with Gasteiger partial charge in [0, 0.05) is 5.56 Å². The first kappa shape index (κ1) is 12.9. The molecular weight excluding hydrogens is 284 g/mol. The van der Waals surface area contributed by atoms with Crippen molar-refractivity contribution >= 4 is 17.5 Å². The third kappa shape index (κ3) is 2.23. The Bertz CT molecular complexity index is 692. The van der Waals surface area contributed by atoms with E-state index in [1.54, 1.807) is 18.9 Å². The van der Waals surface area contributed by atoms with Gasteiger partial charge in [-0.15, -0.1) is 10.2 Å². The normalized spacial score (nSPS) is 20.4. The molecule has 108 valence electrons. The number of ether oxygens (including phenoxy) is 1. The molecule has 2 aliphatic rings. The highest BCUT2D eigenvalue weighted by Crippen LogP contribution is 2.37. The fourth-order valence-corrected chi connectivity index (χ4v) is 3.96. The van der Waals surface area contributed by atoms with Crippen molar-refractivity contribution in [3.63, 3.8) is 0 Å². The van der Waals surface area contributed by atoms with Crippen molar-refractivity contribution < 1.29 is 4.74 Å². The van der Waals surface area contributed by atoms with Crippen LogP contribution in [0.1, 0.15) is 25.7 Å². The highest BCUT2D eigenvalue weighted by atomic mass is 32.2. The van der Waals surface area contributed by atoms with Crippen molar-refractivity contribution in [3.05, 3.63) is 24.3 Å². The number of methoxy groups -OCH3 is 1. The van der Waals surface area contributed by atoms with Crippen LogP contribution in [0.3, 0.4) is 0 Å². The lowest BCUT2D eigenvalue weighted by molar-refractivity contribution is 0.415. The predicted octanol–water partition coefficient (Wildman–Crippen LogP) is 3.21. The van der Waals surface area contributed by atoms with E-state index in [2.05, 4.69) is 10.2 Å². The molecule has 0 radical (unpaired) electrons. The maximum atomic E-state index is 5.20. The van der Waals surface area contributed by atoms with Gasteiger partial charge in [-0.1, -0.05) is 18.2 Å². The summed E-state index contributed by atoms with van der Waals surface area (Å²) in [5.74, 6) is 1.64. The van der Waals surface area contributed by atoms with E-state index >= 15 is 0 Å². The molecule has 5 nitrogen and oxygen atoms in total. The Kier molecular flexibility index (Phi) is 3.18. The van der Waals surface area contributed by atoms with E-state index in [4.69, 9.17) is 9.84 Å². The Morgan fingerprint density at radius 1 is 1.19 bits per heavy atom. The summed E-state index contributed by atoms with van der Waals surface area (Å²) in [7, 11) is 1.67. The molecule has 0 spiro atoms. The Hall–Kier alpha value is -1.82. The first-order valence-electron chi connectivity index (χ1n) is 7.19. The zero-order chi connectivity index (χ0) is 14.2. The van der Waals surface area contributed by atoms with E-state index in [9.17, 15) is 0 Å². The van der Waals surface area contributed by atoms with Crippen LogP contribution in [-0.4, -0.2) is 32.9 Å². The highest BCUT2D eigenvalue weighted by molar-refractivity contribution is 8.00. The van der Waals surface area contributed by atoms with Gasteiger partial charge < -0.3 is 4.74 Å². The molecule has 0 saturated heterocycles. The van der Waals surface area contributed by atoms with E-state index in [1.165, 1.54) is 25.0 Å². The van der Waals surface area contributed by atoms with Crippen LogP contribution < -0.4 is 4.74 Å². The molecule has 1 fully saturated rings. The van der Waals surface area contributed by atoms with Gasteiger partial charge in [0.25, 0.3) is 0 Å². The topological polar surface area (TPSA) is 52.3 Å². The van der Waals surface area contributed by atoms with Gasteiger partial charge in [0.1, 0.15) is 5.75 Å². The van der Waals surface area contributed by atoms with Crippen LogP contribution in [0.5, 0.6) is 5.75 Å². The smallest absolute Gasteiger partial charge is 0.213 e. The number of thioether (sulfide) groups is 1. The first-order valence-corrected chi connectivity index (χ1v) is 8.07. The average molecular weight is 300 g/mol. The average Bonchev–Trinajstić information content (AvgIpc) is 2.95. The molecule has 0 N–H and O–H groups in total. The van der Waals surface area contributed by atoms with Gasteiger partial charge in [0.2, 0.25) is 5.16 Å². The number of aromatic nitrogens is 3. The Morgan fingerprint density at radius 2 is 2.05 bits per heavy atom. The van der Waals surface area contributed by atoms with Gasteiger partial charge >= 0.3 is 0 Å². The molecule has 2 heterocycles. The summed E-state index contributed by atoms with van der Waals surface area (Å²) in [5, 5.41) is 14.8.